The van der Waals surface area contributed by atoms with Crippen molar-refractivity contribution in [1.29, 1.82) is 0 Å². The normalized spacial score (nSPS) is 11.7. The summed E-state index contributed by atoms with van der Waals surface area (Å²) < 4.78 is 10.8. The predicted octanol–water partition coefficient (Wildman–Crippen LogP) is 4.96. The number of hydrogen-bond acceptors (Lipinski definition) is 4. The third-order valence-electron chi connectivity index (χ3n) is 4.88. The maximum Gasteiger partial charge on any atom is 0.261 e. The predicted molar refractivity (Wildman–Crippen MR) is 127 cm³/mol. The van der Waals surface area contributed by atoms with E-state index in [1.54, 1.807) is 49.6 Å². The summed E-state index contributed by atoms with van der Waals surface area (Å²) in [6, 6.07) is 11.4. The van der Waals surface area contributed by atoms with E-state index in [0.717, 1.165) is 0 Å². The van der Waals surface area contributed by atoms with Crippen LogP contribution in [0.5, 0.6) is 11.5 Å². The summed E-state index contributed by atoms with van der Waals surface area (Å²) in [5.74, 6) is 0.932. The molecule has 0 aliphatic heterocycles. The van der Waals surface area contributed by atoms with Crippen molar-refractivity contribution in [3.05, 3.63) is 58.1 Å². The van der Waals surface area contributed by atoms with Gasteiger partial charge in [0.15, 0.2) is 6.61 Å². The number of carbonyl (C=O) groups excluding carboxylic acids is 2. The van der Waals surface area contributed by atoms with Gasteiger partial charge in [-0.25, -0.2) is 0 Å². The molecule has 1 atom stereocenters. The van der Waals surface area contributed by atoms with Crippen LogP contribution in [0.4, 0.5) is 0 Å². The van der Waals surface area contributed by atoms with Crippen molar-refractivity contribution in [3.63, 3.8) is 0 Å². The molecule has 0 aliphatic rings. The molecule has 0 saturated heterocycles. The molecule has 0 spiro atoms. The number of amides is 2. The van der Waals surface area contributed by atoms with E-state index in [1.165, 1.54) is 4.90 Å². The van der Waals surface area contributed by atoms with E-state index in [1.807, 2.05) is 20.8 Å². The van der Waals surface area contributed by atoms with Crippen molar-refractivity contribution in [2.75, 3.05) is 20.3 Å². The topological polar surface area (TPSA) is 67.9 Å². The van der Waals surface area contributed by atoms with Gasteiger partial charge in [-0.05, 0) is 48.7 Å². The van der Waals surface area contributed by atoms with Gasteiger partial charge in [0.05, 0.1) is 7.11 Å². The van der Waals surface area contributed by atoms with E-state index in [0.29, 0.717) is 40.1 Å². The summed E-state index contributed by atoms with van der Waals surface area (Å²) in [5.41, 5.74) is 0.587. The minimum Gasteiger partial charge on any atom is -0.497 e. The summed E-state index contributed by atoms with van der Waals surface area (Å²) in [5, 5.41) is 3.78. The molecule has 2 aromatic rings. The molecule has 2 aromatic carbocycles. The zero-order valence-corrected chi connectivity index (χ0v) is 20.4. The van der Waals surface area contributed by atoms with Crippen molar-refractivity contribution in [2.45, 2.75) is 39.8 Å². The number of rotatable bonds is 11. The summed E-state index contributed by atoms with van der Waals surface area (Å²) in [4.78, 5) is 27.6. The second-order valence-electron chi connectivity index (χ2n) is 7.75. The molecule has 8 heteroatoms. The molecule has 0 aliphatic carbocycles. The highest BCUT2D eigenvalue weighted by atomic mass is 35.5. The first-order valence-electron chi connectivity index (χ1n) is 10.5. The fourth-order valence-corrected chi connectivity index (χ4v) is 3.61. The lowest BCUT2D eigenvalue weighted by Gasteiger charge is -2.31. The Morgan fingerprint density at radius 3 is 2.16 bits per heavy atom. The summed E-state index contributed by atoms with van der Waals surface area (Å²) in [6.07, 6.45) is 0.431. The van der Waals surface area contributed by atoms with Crippen LogP contribution in [0.3, 0.4) is 0 Å². The first-order chi connectivity index (χ1) is 15.3. The molecule has 174 valence electrons. The van der Waals surface area contributed by atoms with Gasteiger partial charge >= 0.3 is 0 Å². The Bertz CT molecular complexity index is 883. The Morgan fingerprint density at radius 2 is 1.62 bits per heavy atom. The molecule has 0 saturated carbocycles. The zero-order valence-electron chi connectivity index (χ0n) is 18.9. The van der Waals surface area contributed by atoms with Gasteiger partial charge in [0.2, 0.25) is 5.91 Å². The van der Waals surface area contributed by atoms with Gasteiger partial charge in [0, 0.05) is 28.7 Å². The van der Waals surface area contributed by atoms with Crippen molar-refractivity contribution in [1.82, 2.24) is 10.2 Å². The minimum atomic E-state index is -0.687. The molecule has 0 fully saturated rings. The quantitative estimate of drug-likeness (QED) is 0.493. The van der Waals surface area contributed by atoms with Crippen LogP contribution in [-0.4, -0.2) is 43.0 Å². The Kier molecular flexibility index (Phi) is 10.1. The van der Waals surface area contributed by atoms with Crippen LogP contribution in [0, 0.1) is 5.92 Å². The van der Waals surface area contributed by atoms with E-state index in [9.17, 15) is 9.59 Å². The molecule has 1 N–H and O–H groups in total. The summed E-state index contributed by atoms with van der Waals surface area (Å²) in [7, 11) is 1.58. The van der Waals surface area contributed by atoms with Crippen molar-refractivity contribution in [3.8, 4) is 11.5 Å². The van der Waals surface area contributed by atoms with E-state index < -0.39 is 6.04 Å². The number of hydrogen-bond donors (Lipinski definition) is 1. The molecule has 0 bridgehead atoms. The highest BCUT2D eigenvalue weighted by Crippen LogP contribution is 2.27. The van der Waals surface area contributed by atoms with E-state index in [-0.39, 0.29) is 30.9 Å². The molecular formula is C24H30Cl2N2O4. The molecular weight excluding hydrogens is 451 g/mol. The standard InChI is InChI=1S/C24H30Cl2N2O4/c1-5-22(24(30)27-13-16(2)3)28(14-19-20(25)7-6-8-21(19)26)23(29)15-32-18-11-9-17(31-4)10-12-18/h6-12,16,22H,5,13-15H2,1-4H3,(H,27,30)/t22-/m1/s1. The SMILES string of the molecule is CC[C@H](C(=O)NCC(C)C)N(Cc1c(Cl)cccc1Cl)C(=O)COc1ccc(OC)cc1. The largest absolute Gasteiger partial charge is 0.497 e. The van der Waals surface area contributed by atoms with Crippen LogP contribution in [0.1, 0.15) is 32.8 Å². The van der Waals surface area contributed by atoms with Crippen molar-refractivity contribution in [2.24, 2.45) is 5.92 Å². The number of ether oxygens (including phenoxy) is 2. The van der Waals surface area contributed by atoms with Gasteiger partial charge in [0.25, 0.3) is 5.91 Å². The van der Waals surface area contributed by atoms with Gasteiger partial charge < -0.3 is 19.7 Å². The van der Waals surface area contributed by atoms with Crippen LogP contribution < -0.4 is 14.8 Å². The van der Waals surface area contributed by atoms with Crippen LogP contribution in [0.15, 0.2) is 42.5 Å². The lowest BCUT2D eigenvalue weighted by atomic mass is 10.1. The highest BCUT2D eigenvalue weighted by molar-refractivity contribution is 6.36. The smallest absolute Gasteiger partial charge is 0.261 e. The number of carbonyl (C=O) groups is 2. The third kappa shape index (κ3) is 7.31. The van der Waals surface area contributed by atoms with Gasteiger partial charge in [-0.2, -0.15) is 0 Å². The fourth-order valence-electron chi connectivity index (χ4n) is 3.10. The molecule has 2 rings (SSSR count). The Hall–Kier alpha value is -2.44. The van der Waals surface area contributed by atoms with Crippen LogP contribution >= 0.6 is 23.2 Å². The van der Waals surface area contributed by atoms with Gasteiger partial charge in [-0.3, -0.25) is 9.59 Å². The maximum absolute atomic E-state index is 13.2. The maximum atomic E-state index is 13.2. The van der Waals surface area contributed by atoms with Crippen LogP contribution in [0.2, 0.25) is 10.0 Å². The van der Waals surface area contributed by atoms with Crippen LogP contribution in [-0.2, 0) is 16.1 Å². The highest BCUT2D eigenvalue weighted by Gasteiger charge is 2.30. The molecule has 0 heterocycles. The number of nitrogens with one attached hydrogen (secondary N) is 1. The Morgan fingerprint density at radius 1 is 1.03 bits per heavy atom. The van der Waals surface area contributed by atoms with Crippen molar-refractivity contribution < 1.29 is 19.1 Å². The van der Waals surface area contributed by atoms with Crippen LogP contribution in [0.25, 0.3) is 0 Å². The summed E-state index contributed by atoms with van der Waals surface area (Å²) in [6.45, 7) is 6.26. The Labute approximate surface area is 199 Å². The second kappa shape index (κ2) is 12.6. The van der Waals surface area contributed by atoms with E-state index in [2.05, 4.69) is 5.32 Å². The van der Waals surface area contributed by atoms with Gasteiger partial charge in [0.1, 0.15) is 17.5 Å². The molecule has 6 nitrogen and oxygen atoms in total. The first-order valence-corrected chi connectivity index (χ1v) is 11.3. The lowest BCUT2D eigenvalue weighted by molar-refractivity contribution is -0.143. The molecule has 32 heavy (non-hydrogen) atoms. The molecule has 2 amide bonds. The first kappa shape index (κ1) is 25.8. The number of methoxy groups -OCH3 is 1. The average Bonchev–Trinajstić information content (AvgIpc) is 2.78. The molecule has 0 radical (unpaired) electrons. The fraction of sp³-hybridized carbons (Fsp3) is 0.417. The van der Waals surface area contributed by atoms with E-state index >= 15 is 0 Å². The monoisotopic (exact) mass is 480 g/mol. The van der Waals surface area contributed by atoms with Crippen molar-refractivity contribution >= 4 is 35.0 Å². The molecule has 0 aromatic heterocycles. The van der Waals surface area contributed by atoms with E-state index in [4.69, 9.17) is 32.7 Å². The lowest BCUT2D eigenvalue weighted by Crippen LogP contribution is -2.50. The Balaban J connectivity index is 2.24. The minimum absolute atomic E-state index is 0.0942. The number of benzene rings is 2. The summed E-state index contributed by atoms with van der Waals surface area (Å²) >= 11 is 12.7. The molecule has 0 unspecified atom stereocenters. The van der Waals surface area contributed by atoms with Gasteiger partial charge in [-0.1, -0.05) is 50.0 Å². The number of nitrogens with zero attached hydrogens (tertiary/aromatic N) is 1. The zero-order chi connectivity index (χ0) is 23.7. The third-order valence-corrected chi connectivity index (χ3v) is 5.59. The number of halogens is 2. The average molecular weight is 481 g/mol. The second-order valence-corrected chi connectivity index (χ2v) is 8.56. The van der Waals surface area contributed by atoms with Gasteiger partial charge in [-0.15, -0.1) is 0 Å².